The van der Waals surface area contributed by atoms with Gasteiger partial charge in [0.2, 0.25) is 0 Å². The Morgan fingerprint density at radius 2 is 1.80 bits per heavy atom. The van der Waals surface area contributed by atoms with Crippen molar-refractivity contribution < 1.29 is 5.11 Å². The number of hydrogen-bond acceptors (Lipinski definition) is 1. The molecule has 1 saturated carbocycles. The largest absolute Gasteiger partial charge is 0.508 e. The smallest absolute Gasteiger partial charge is 0.119 e. The van der Waals surface area contributed by atoms with Crippen molar-refractivity contribution in [3.05, 3.63) is 29.8 Å². The Balaban J connectivity index is 2.04. The normalized spacial score (nSPS) is 26.5. The maximum Gasteiger partial charge on any atom is 0.119 e. The second-order valence-corrected chi connectivity index (χ2v) is 4.68. The Kier molecular flexibility index (Phi) is 3.30. The molecule has 82 valence electrons. The fourth-order valence-electron chi connectivity index (χ4n) is 2.71. The number of benzene rings is 1. The first-order valence-corrected chi connectivity index (χ1v) is 6.09. The van der Waals surface area contributed by atoms with E-state index in [9.17, 15) is 5.11 Å². The van der Waals surface area contributed by atoms with Gasteiger partial charge in [-0.15, -0.1) is 0 Å². The molecule has 1 aromatic carbocycles. The van der Waals surface area contributed by atoms with Crippen LogP contribution in [0, 0.1) is 5.92 Å². The van der Waals surface area contributed by atoms with Crippen molar-refractivity contribution in [3.63, 3.8) is 0 Å². The number of para-hydroxylation sites is 1. The number of phenols is 1. The Bertz CT molecular complexity index is 311. The van der Waals surface area contributed by atoms with Gasteiger partial charge in [0.15, 0.2) is 0 Å². The van der Waals surface area contributed by atoms with Gasteiger partial charge in [-0.3, -0.25) is 0 Å². The maximum absolute atomic E-state index is 9.79. The van der Waals surface area contributed by atoms with Crippen LogP contribution in [0.1, 0.15) is 50.5 Å². The molecule has 0 aromatic heterocycles. The zero-order valence-electron chi connectivity index (χ0n) is 9.45. The highest BCUT2D eigenvalue weighted by atomic mass is 16.3. The van der Waals surface area contributed by atoms with Crippen molar-refractivity contribution in [3.8, 4) is 5.75 Å². The zero-order valence-corrected chi connectivity index (χ0v) is 9.45. The molecular weight excluding hydrogens is 184 g/mol. The molecule has 1 aliphatic carbocycles. The fourth-order valence-corrected chi connectivity index (χ4v) is 2.71. The van der Waals surface area contributed by atoms with Crippen molar-refractivity contribution in [2.24, 2.45) is 5.92 Å². The molecule has 0 heterocycles. The highest BCUT2D eigenvalue weighted by Crippen LogP contribution is 2.39. The first kappa shape index (κ1) is 10.5. The van der Waals surface area contributed by atoms with Crippen molar-refractivity contribution >= 4 is 0 Å². The Hall–Kier alpha value is -0.980. The third kappa shape index (κ3) is 2.34. The summed E-state index contributed by atoms with van der Waals surface area (Å²) in [5.74, 6) is 2.00. The number of rotatable bonds is 2. The predicted molar refractivity (Wildman–Crippen MR) is 63.1 cm³/mol. The molecule has 0 atom stereocenters. The third-order valence-corrected chi connectivity index (χ3v) is 3.80. The lowest BCUT2D eigenvalue weighted by atomic mass is 9.77. The standard InChI is InChI=1S/C14H20O/c1-2-11-7-9-12(10-8-11)13-5-3-4-6-14(13)15/h3-6,11-12,15H,2,7-10H2,1H3. The van der Waals surface area contributed by atoms with Crippen LogP contribution in [0.3, 0.4) is 0 Å². The summed E-state index contributed by atoms with van der Waals surface area (Å²) in [7, 11) is 0. The first-order valence-electron chi connectivity index (χ1n) is 6.09. The molecule has 1 N–H and O–H groups in total. The SMILES string of the molecule is CCC1CCC(c2ccccc2O)CC1. The van der Waals surface area contributed by atoms with Crippen LogP contribution < -0.4 is 0 Å². The summed E-state index contributed by atoms with van der Waals surface area (Å²) in [5, 5.41) is 9.79. The predicted octanol–water partition coefficient (Wildman–Crippen LogP) is 4.08. The maximum atomic E-state index is 9.79. The van der Waals surface area contributed by atoms with Gasteiger partial charge in [-0.1, -0.05) is 31.5 Å². The Morgan fingerprint density at radius 3 is 2.40 bits per heavy atom. The monoisotopic (exact) mass is 204 g/mol. The fraction of sp³-hybridized carbons (Fsp3) is 0.571. The number of hydrogen-bond donors (Lipinski definition) is 1. The lowest BCUT2D eigenvalue weighted by Crippen LogP contribution is -2.12. The Morgan fingerprint density at radius 1 is 1.13 bits per heavy atom. The van der Waals surface area contributed by atoms with Gasteiger partial charge in [0.25, 0.3) is 0 Å². The van der Waals surface area contributed by atoms with Crippen molar-refractivity contribution in [2.45, 2.75) is 44.9 Å². The van der Waals surface area contributed by atoms with Crippen molar-refractivity contribution in [1.82, 2.24) is 0 Å². The van der Waals surface area contributed by atoms with E-state index >= 15 is 0 Å². The van der Waals surface area contributed by atoms with E-state index in [2.05, 4.69) is 13.0 Å². The second kappa shape index (κ2) is 4.69. The van der Waals surface area contributed by atoms with Gasteiger partial charge in [0.05, 0.1) is 0 Å². The summed E-state index contributed by atoms with van der Waals surface area (Å²) in [6.45, 7) is 2.28. The van der Waals surface area contributed by atoms with Gasteiger partial charge < -0.3 is 5.11 Å². The van der Waals surface area contributed by atoms with Crippen molar-refractivity contribution in [2.75, 3.05) is 0 Å². The topological polar surface area (TPSA) is 20.2 Å². The average Bonchev–Trinajstić information content (AvgIpc) is 2.30. The zero-order chi connectivity index (χ0) is 10.7. The second-order valence-electron chi connectivity index (χ2n) is 4.68. The summed E-state index contributed by atoms with van der Waals surface area (Å²) in [6, 6.07) is 7.81. The lowest BCUT2D eigenvalue weighted by Gasteiger charge is -2.28. The summed E-state index contributed by atoms with van der Waals surface area (Å²) < 4.78 is 0. The molecule has 0 unspecified atom stereocenters. The van der Waals surface area contributed by atoms with Crippen LogP contribution in [-0.4, -0.2) is 5.11 Å². The molecule has 1 nitrogen and oxygen atoms in total. The van der Waals surface area contributed by atoms with E-state index in [-0.39, 0.29) is 0 Å². The molecule has 1 aliphatic rings. The summed E-state index contributed by atoms with van der Waals surface area (Å²) in [5.41, 5.74) is 1.16. The molecule has 15 heavy (non-hydrogen) atoms. The summed E-state index contributed by atoms with van der Waals surface area (Å²) in [6.07, 6.45) is 6.46. The van der Waals surface area contributed by atoms with Gasteiger partial charge in [0, 0.05) is 0 Å². The van der Waals surface area contributed by atoms with E-state index in [1.807, 2.05) is 12.1 Å². The minimum absolute atomic E-state index is 0.484. The van der Waals surface area contributed by atoms with Crippen LogP contribution >= 0.6 is 0 Å². The molecule has 0 amide bonds. The molecule has 0 bridgehead atoms. The van der Waals surface area contributed by atoms with E-state index in [4.69, 9.17) is 0 Å². The minimum Gasteiger partial charge on any atom is -0.508 e. The number of phenolic OH excluding ortho intramolecular Hbond substituents is 1. The molecule has 0 radical (unpaired) electrons. The third-order valence-electron chi connectivity index (χ3n) is 3.80. The van der Waals surface area contributed by atoms with Crippen LogP contribution in [0.2, 0.25) is 0 Å². The first-order chi connectivity index (χ1) is 7.31. The molecule has 2 rings (SSSR count). The van der Waals surface area contributed by atoms with E-state index in [0.717, 1.165) is 11.5 Å². The van der Waals surface area contributed by atoms with Crippen LogP contribution in [0.15, 0.2) is 24.3 Å². The van der Waals surface area contributed by atoms with Gasteiger partial charge in [-0.2, -0.15) is 0 Å². The molecule has 1 heteroatoms. The van der Waals surface area contributed by atoms with Gasteiger partial charge in [-0.25, -0.2) is 0 Å². The van der Waals surface area contributed by atoms with Crippen LogP contribution in [-0.2, 0) is 0 Å². The van der Waals surface area contributed by atoms with Gasteiger partial charge in [0.1, 0.15) is 5.75 Å². The number of aromatic hydroxyl groups is 1. The van der Waals surface area contributed by atoms with Crippen molar-refractivity contribution in [1.29, 1.82) is 0 Å². The molecule has 0 aliphatic heterocycles. The molecule has 1 aromatic rings. The van der Waals surface area contributed by atoms with E-state index in [1.54, 1.807) is 6.07 Å². The highest BCUT2D eigenvalue weighted by Gasteiger charge is 2.22. The minimum atomic E-state index is 0.484. The van der Waals surface area contributed by atoms with Gasteiger partial charge in [-0.05, 0) is 49.1 Å². The molecule has 0 spiro atoms. The molecule has 1 fully saturated rings. The summed E-state index contributed by atoms with van der Waals surface area (Å²) in [4.78, 5) is 0. The van der Waals surface area contributed by atoms with Crippen LogP contribution in [0.4, 0.5) is 0 Å². The van der Waals surface area contributed by atoms with Gasteiger partial charge >= 0.3 is 0 Å². The van der Waals surface area contributed by atoms with Crippen LogP contribution in [0.25, 0.3) is 0 Å². The quantitative estimate of drug-likeness (QED) is 0.769. The molecule has 0 saturated heterocycles. The van der Waals surface area contributed by atoms with E-state index in [0.29, 0.717) is 11.7 Å². The summed E-state index contributed by atoms with van der Waals surface area (Å²) >= 11 is 0. The van der Waals surface area contributed by atoms with Crippen LogP contribution in [0.5, 0.6) is 5.75 Å². The Labute approximate surface area is 92.1 Å². The van der Waals surface area contributed by atoms with E-state index < -0.39 is 0 Å². The highest BCUT2D eigenvalue weighted by molar-refractivity contribution is 5.35. The average molecular weight is 204 g/mol. The molecular formula is C14H20O. The lowest BCUT2D eigenvalue weighted by molar-refractivity contribution is 0.314. The van der Waals surface area contributed by atoms with E-state index in [1.165, 1.54) is 32.1 Å².